The molecule has 0 spiro atoms. The summed E-state index contributed by atoms with van der Waals surface area (Å²) >= 11 is 0. The molecule has 2 aromatic rings. The number of hydrogen-bond acceptors (Lipinski definition) is 4. The van der Waals surface area contributed by atoms with E-state index in [0.717, 1.165) is 30.2 Å². The molecule has 1 aromatic carbocycles. The molecule has 31 heavy (non-hydrogen) atoms. The van der Waals surface area contributed by atoms with Crippen molar-refractivity contribution in [1.82, 2.24) is 4.98 Å². The van der Waals surface area contributed by atoms with Crippen molar-refractivity contribution < 1.29 is 26.3 Å². The van der Waals surface area contributed by atoms with E-state index >= 15 is 0 Å². The molecule has 1 N–H and O–H groups in total. The lowest BCUT2D eigenvalue weighted by Gasteiger charge is -2.18. The molecule has 2 aliphatic rings. The van der Waals surface area contributed by atoms with Crippen LogP contribution in [0.2, 0.25) is 0 Å². The van der Waals surface area contributed by atoms with Crippen molar-refractivity contribution in [2.75, 3.05) is 5.43 Å². The summed E-state index contributed by atoms with van der Waals surface area (Å²) in [5, 5.41) is 3.66. The Labute approximate surface area is 173 Å². The van der Waals surface area contributed by atoms with Crippen LogP contribution in [0.15, 0.2) is 58.4 Å². The van der Waals surface area contributed by atoms with E-state index in [1.807, 2.05) is 0 Å². The van der Waals surface area contributed by atoms with E-state index in [9.17, 15) is 26.3 Å². The highest BCUT2D eigenvalue weighted by molar-refractivity contribution is 6.10. The number of aromatic nitrogens is 1. The highest BCUT2D eigenvalue weighted by Gasteiger charge is 2.47. The second-order valence-electron chi connectivity index (χ2n) is 7.25. The second kappa shape index (κ2) is 7.51. The number of hydrazone groups is 1. The minimum absolute atomic E-state index is 0.0254. The predicted octanol–water partition coefficient (Wildman–Crippen LogP) is 6.24. The average molecular weight is 438 g/mol. The number of halogens is 6. The van der Waals surface area contributed by atoms with Gasteiger partial charge in [0.25, 0.3) is 0 Å². The lowest BCUT2D eigenvalue weighted by Crippen LogP contribution is -2.14. The van der Waals surface area contributed by atoms with Gasteiger partial charge in [0.05, 0.1) is 40.6 Å². The second-order valence-corrected chi connectivity index (χ2v) is 7.25. The number of anilines is 1. The van der Waals surface area contributed by atoms with Crippen LogP contribution >= 0.6 is 0 Å². The number of aliphatic imine (C=N–C) groups is 1. The van der Waals surface area contributed by atoms with Gasteiger partial charge < -0.3 is 0 Å². The molecule has 1 fully saturated rings. The molecule has 0 radical (unpaired) electrons. The topological polar surface area (TPSA) is 49.6 Å². The summed E-state index contributed by atoms with van der Waals surface area (Å²) in [5.74, 6) is 0.0894. The third kappa shape index (κ3) is 4.19. The molecule has 2 heterocycles. The number of benzene rings is 1. The number of rotatable bonds is 4. The smallest absolute Gasteiger partial charge is 0.276 e. The van der Waals surface area contributed by atoms with Crippen LogP contribution in [0.4, 0.5) is 37.7 Å². The maximum absolute atomic E-state index is 13.1. The lowest BCUT2D eigenvalue weighted by molar-refractivity contribution is -0.137. The lowest BCUT2D eigenvalue weighted by atomic mass is 9.96. The van der Waals surface area contributed by atoms with E-state index in [1.54, 1.807) is 6.07 Å². The predicted molar refractivity (Wildman–Crippen MR) is 105 cm³/mol. The summed E-state index contributed by atoms with van der Waals surface area (Å²) in [5.41, 5.74) is 3.30. The number of alkyl halides is 6. The van der Waals surface area contributed by atoms with Crippen LogP contribution in [-0.2, 0) is 6.18 Å². The molecule has 0 bridgehead atoms. The number of fused-ring (bicyclic) bond motifs is 3. The van der Waals surface area contributed by atoms with E-state index in [2.05, 4.69) is 20.5 Å². The van der Waals surface area contributed by atoms with Crippen LogP contribution in [-0.4, -0.2) is 23.1 Å². The monoisotopic (exact) mass is 438 g/mol. The number of pyridine rings is 1. The molecule has 1 aliphatic carbocycles. The van der Waals surface area contributed by atoms with Crippen LogP contribution in [0.5, 0.6) is 0 Å². The summed E-state index contributed by atoms with van der Waals surface area (Å²) < 4.78 is 77.8. The molecule has 0 amide bonds. The zero-order chi connectivity index (χ0) is 22.4. The molecule has 2 unspecified atom stereocenters. The van der Waals surface area contributed by atoms with Gasteiger partial charge in [0.2, 0.25) is 0 Å². The first-order chi connectivity index (χ1) is 14.6. The Bertz CT molecular complexity index is 1100. The van der Waals surface area contributed by atoms with E-state index in [1.165, 1.54) is 25.4 Å². The Balaban J connectivity index is 1.67. The van der Waals surface area contributed by atoms with Crippen molar-refractivity contribution in [3.8, 4) is 0 Å². The van der Waals surface area contributed by atoms with Crippen molar-refractivity contribution in [1.29, 1.82) is 0 Å². The van der Waals surface area contributed by atoms with E-state index in [4.69, 9.17) is 0 Å². The first kappa shape index (κ1) is 21.1. The highest BCUT2D eigenvalue weighted by Crippen LogP contribution is 2.56. The molecule has 10 heteroatoms. The van der Waals surface area contributed by atoms with Gasteiger partial charge in [-0.1, -0.05) is 12.1 Å². The summed E-state index contributed by atoms with van der Waals surface area (Å²) in [6.07, 6.45) is -3.86. The minimum Gasteiger partial charge on any atom is -0.276 e. The van der Waals surface area contributed by atoms with Gasteiger partial charge in [0.1, 0.15) is 0 Å². The van der Waals surface area contributed by atoms with Crippen molar-refractivity contribution in [3.63, 3.8) is 0 Å². The Morgan fingerprint density at radius 1 is 1.13 bits per heavy atom. The van der Waals surface area contributed by atoms with Gasteiger partial charge >= 0.3 is 12.4 Å². The minimum atomic E-state index is -4.54. The zero-order valence-corrected chi connectivity index (χ0v) is 16.1. The highest BCUT2D eigenvalue weighted by atomic mass is 19.4. The fourth-order valence-electron chi connectivity index (χ4n) is 3.63. The van der Waals surface area contributed by atoms with Crippen molar-refractivity contribution >= 4 is 23.3 Å². The number of allylic oxidation sites excluding steroid dienone is 2. The molecular formula is C21H16F6N4. The Morgan fingerprint density at radius 2 is 1.90 bits per heavy atom. The molecule has 1 aromatic heterocycles. The van der Waals surface area contributed by atoms with Gasteiger partial charge in [0.15, 0.2) is 0 Å². The van der Waals surface area contributed by atoms with Gasteiger partial charge in [-0.15, -0.1) is 0 Å². The Kier molecular flexibility index (Phi) is 5.10. The maximum atomic E-state index is 13.1. The van der Waals surface area contributed by atoms with Crippen molar-refractivity contribution in [3.05, 3.63) is 65.0 Å². The fraction of sp³-hybridized carbons (Fsp3) is 0.286. The van der Waals surface area contributed by atoms with Gasteiger partial charge in [-0.3, -0.25) is 15.4 Å². The molecule has 2 atom stereocenters. The van der Waals surface area contributed by atoms with E-state index < -0.39 is 23.5 Å². The van der Waals surface area contributed by atoms with Crippen molar-refractivity contribution in [2.45, 2.75) is 31.6 Å². The Morgan fingerprint density at radius 3 is 2.58 bits per heavy atom. The molecule has 1 aliphatic heterocycles. The van der Waals surface area contributed by atoms with Crippen LogP contribution in [0.1, 0.15) is 36.0 Å². The third-order valence-corrected chi connectivity index (χ3v) is 5.26. The fourth-order valence-corrected chi connectivity index (χ4v) is 3.63. The van der Waals surface area contributed by atoms with E-state index in [-0.39, 0.29) is 17.5 Å². The zero-order valence-electron chi connectivity index (χ0n) is 16.1. The molecule has 1 saturated carbocycles. The van der Waals surface area contributed by atoms with Gasteiger partial charge in [-0.25, -0.2) is 0 Å². The molecule has 4 rings (SSSR count). The quantitative estimate of drug-likeness (QED) is 0.349. The van der Waals surface area contributed by atoms with Gasteiger partial charge in [0, 0.05) is 17.7 Å². The van der Waals surface area contributed by atoms with Gasteiger partial charge in [-0.05, 0) is 43.0 Å². The standard InChI is InChI=1S/C21H16F6N4/c1-2-11(20(22,23)24)9-29-31-18-10-28-6-5-14(18)19-16-8-15(16)13-4-3-12(21(25,26)27)7-17(13)30-19/h2-7,9-10,15-16,31H,8H2,1H3/b11-2+,29-9-. The molecule has 0 saturated heterocycles. The van der Waals surface area contributed by atoms with Crippen LogP contribution < -0.4 is 5.43 Å². The third-order valence-electron chi connectivity index (χ3n) is 5.26. The van der Waals surface area contributed by atoms with Crippen LogP contribution in [0.25, 0.3) is 0 Å². The first-order valence-electron chi connectivity index (χ1n) is 9.36. The number of nitrogens with one attached hydrogen (secondary N) is 1. The number of nitrogens with zero attached hydrogens (tertiary/aromatic N) is 3. The molecule has 4 nitrogen and oxygen atoms in total. The number of hydrogen-bond donors (Lipinski definition) is 1. The normalized spacial score (nSPS) is 20.9. The summed E-state index contributed by atoms with van der Waals surface area (Å²) in [6.45, 7) is 1.25. The van der Waals surface area contributed by atoms with E-state index in [0.29, 0.717) is 23.2 Å². The van der Waals surface area contributed by atoms with Crippen molar-refractivity contribution in [2.24, 2.45) is 16.0 Å². The average Bonchev–Trinajstić information content (AvgIpc) is 3.50. The molecule has 162 valence electrons. The largest absolute Gasteiger partial charge is 0.417 e. The van der Waals surface area contributed by atoms with Crippen LogP contribution in [0.3, 0.4) is 0 Å². The summed E-state index contributed by atoms with van der Waals surface area (Å²) in [6, 6.07) is 5.17. The molecular weight excluding hydrogens is 422 g/mol. The first-order valence-corrected chi connectivity index (χ1v) is 9.36. The van der Waals surface area contributed by atoms with Gasteiger partial charge in [-0.2, -0.15) is 31.4 Å². The Hall–Kier alpha value is -3.17. The summed E-state index contributed by atoms with van der Waals surface area (Å²) in [7, 11) is 0. The SMILES string of the molecule is C/C=C(\C=N/Nc1cnccc1C1=Nc2cc(C(F)(F)F)ccc2C2CC12)C(F)(F)F. The maximum Gasteiger partial charge on any atom is 0.417 e. The summed E-state index contributed by atoms with van der Waals surface area (Å²) in [4.78, 5) is 8.44. The van der Waals surface area contributed by atoms with Crippen LogP contribution in [0, 0.1) is 5.92 Å².